The number of aromatic nitrogens is 6. The largest absolute Gasteiger partial charge is 0.497 e. The standard InChI is InChI=1S/C26H20Cl2N8O3/c1-39-19-9-7-18(8-10-19)29-25(38)23-13-22(17-6-11-20(27)21(28)12-17)33-36(23)14-15-2-4-16(5-3-15)24(37)30-26-31-34-35-32-26/h2-13H,14H2,1H3,(H,29,38)(H2,30,31,32,34,35,37). The second kappa shape index (κ2) is 11.3. The summed E-state index contributed by atoms with van der Waals surface area (Å²) in [5.74, 6) is 0.0101. The molecule has 0 radical (unpaired) electrons. The van der Waals surface area contributed by atoms with Gasteiger partial charge in [-0.2, -0.15) is 10.3 Å². The van der Waals surface area contributed by atoms with Crippen LogP contribution in [0, 0.1) is 0 Å². The molecular weight excluding hydrogens is 543 g/mol. The van der Waals surface area contributed by atoms with Crippen molar-refractivity contribution in [3.63, 3.8) is 0 Å². The van der Waals surface area contributed by atoms with Crippen LogP contribution in [0.25, 0.3) is 11.3 Å². The van der Waals surface area contributed by atoms with Crippen molar-refractivity contribution in [3.8, 4) is 17.0 Å². The van der Waals surface area contributed by atoms with Crippen LogP contribution in [-0.2, 0) is 6.54 Å². The van der Waals surface area contributed by atoms with Crippen molar-refractivity contribution in [1.82, 2.24) is 30.4 Å². The number of methoxy groups -OCH3 is 1. The molecule has 2 aromatic heterocycles. The second-order valence-corrected chi connectivity index (χ2v) is 9.08. The first-order valence-corrected chi connectivity index (χ1v) is 12.3. The van der Waals surface area contributed by atoms with Crippen molar-refractivity contribution in [3.05, 3.63) is 99.7 Å². The van der Waals surface area contributed by atoms with Crippen molar-refractivity contribution in [2.45, 2.75) is 6.54 Å². The highest BCUT2D eigenvalue weighted by atomic mass is 35.5. The van der Waals surface area contributed by atoms with Crippen molar-refractivity contribution in [2.75, 3.05) is 17.7 Å². The molecule has 0 atom stereocenters. The molecule has 11 nitrogen and oxygen atoms in total. The van der Waals surface area contributed by atoms with Crippen molar-refractivity contribution < 1.29 is 14.3 Å². The van der Waals surface area contributed by atoms with Crippen LogP contribution < -0.4 is 15.4 Å². The average molecular weight is 563 g/mol. The van der Waals surface area contributed by atoms with Crippen LogP contribution >= 0.6 is 23.2 Å². The minimum absolute atomic E-state index is 0.0722. The lowest BCUT2D eigenvalue weighted by Gasteiger charge is -2.10. The first-order valence-electron chi connectivity index (χ1n) is 11.5. The number of aromatic amines is 1. The molecule has 0 unspecified atom stereocenters. The number of hydrogen-bond donors (Lipinski definition) is 3. The first-order chi connectivity index (χ1) is 18.9. The number of carbonyl (C=O) groups excluding carboxylic acids is 2. The smallest absolute Gasteiger partial charge is 0.273 e. The topological polar surface area (TPSA) is 140 Å². The van der Waals surface area contributed by atoms with Gasteiger partial charge in [-0.1, -0.05) is 46.5 Å². The second-order valence-electron chi connectivity index (χ2n) is 8.27. The van der Waals surface area contributed by atoms with Gasteiger partial charge in [0.2, 0.25) is 0 Å². The fourth-order valence-electron chi connectivity index (χ4n) is 3.71. The van der Waals surface area contributed by atoms with E-state index in [2.05, 4.69) is 36.4 Å². The maximum absolute atomic E-state index is 13.3. The van der Waals surface area contributed by atoms with Gasteiger partial charge in [-0.25, -0.2) is 0 Å². The van der Waals surface area contributed by atoms with Gasteiger partial charge in [0.15, 0.2) is 0 Å². The molecule has 5 aromatic rings. The Hall–Kier alpha value is -4.74. The van der Waals surface area contributed by atoms with Gasteiger partial charge in [-0.05, 0) is 65.4 Å². The van der Waals surface area contributed by atoms with Gasteiger partial charge < -0.3 is 10.1 Å². The molecule has 0 saturated heterocycles. The van der Waals surface area contributed by atoms with E-state index in [1.165, 1.54) is 0 Å². The average Bonchev–Trinajstić information content (AvgIpc) is 3.61. The van der Waals surface area contributed by atoms with Crippen LogP contribution in [-0.4, -0.2) is 49.3 Å². The third kappa shape index (κ3) is 6.06. The summed E-state index contributed by atoms with van der Waals surface area (Å²) < 4.78 is 6.77. The Kier molecular flexibility index (Phi) is 7.53. The number of carbonyl (C=O) groups is 2. The summed E-state index contributed by atoms with van der Waals surface area (Å²) >= 11 is 12.3. The van der Waals surface area contributed by atoms with Crippen LogP contribution in [0.1, 0.15) is 26.4 Å². The van der Waals surface area contributed by atoms with E-state index in [4.69, 9.17) is 27.9 Å². The molecular formula is C26H20Cl2N8O3. The van der Waals surface area contributed by atoms with E-state index < -0.39 is 0 Å². The maximum Gasteiger partial charge on any atom is 0.273 e. The lowest BCUT2D eigenvalue weighted by atomic mass is 10.1. The predicted octanol–water partition coefficient (Wildman–Crippen LogP) is 4.93. The summed E-state index contributed by atoms with van der Waals surface area (Å²) in [6.45, 7) is 0.263. The van der Waals surface area contributed by atoms with Crippen LogP contribution in [0.15, 0.2) is 72.8 Å². The molecule has 13 heteroatoms. The number of rotatable bonds is 8. The normalized spacial score (nSPS) is 10.7. The minimum Gasteiger partial charge on any atom is -0.497 e. The third-order valence-electron chi connectivity index (χ3n) is 5.70. The van der Waals surface area contributed by atoms with E-state index in [0.29, 0.717) is 44.0 Å². The number of amides is 2. The molecule has 0 aliphatic rings. The third-order valence-corrected chi connectivity index (χ3v) is 6.43. The Balaban J connectivity index is 1.41. The van der Waals surface area contributed by atoms with Gasteiger partial charge in [-0.15, -0.1) is 5.10 Å². The molecule has 5 rings (SSSR count). The first kappa shape index (κ1) is 25.9. The number of ether oxygens (including phenoxy) is 1. The van der Waals surface area contributed by atoms with E-state index in [1.54, 1.807) is 84.6 Å². The Morgan fingerprint density at radius 2 is 1.69 bits per heavy atom. The Morgan fingerprint density at radius 3 is 2.36 bits per heavy atom. The van der Waals surface area contributed by atoms with E-state index in [-0.39, 0.29) is 24.3 Å². The number of anilines is 2. The summed E-state index contributed by atoms with van der Waals surface area (Å²) in [5, 5.41) is 24.0. The maximum atomic E-state index is 13.3. The number of halogens is 2. The van der Waals surface area contributed by atoms with E-state index in [9.17, 15) is 9.59 Å². The van der Waals surface area contributed by atoms with Crippen molar-refractivity contribution in [1.29, 1.82) is 0 Å². The lowest BCUT2D eigenvalue weighted by Crippen LogP contribution is -2.18. The molecule has 0 saturated carbocycles. The fourth-order valence-corrected chi connectivity index (χ4v) is 4.01. The van der Waals surface area contributed by atoms with Gasteiger partial charge in [0.1, 0.15) is 11.4 Å². The summed E-state index contributed by atoms with van der Waals surface area (Å²) in [7, 11) is 1.57. The number of nitrogens with zero attached hydrogens (tertiary/aromatic N) is 5. The zero-order chi connectivity index (χ0) is 27.4. The zero-order valence-corrected chi connectivity index (χ0v) is 21.9. The number of nitrogens with one attached hydrogen (secondary N) is 3. The molecule has 0 aliphatic heterocycles. The molecule has 0 aliphatic carbocycles. The van der Waals surface area contributed by atoms with Gasteiger partial charge in [0.25, 0.3) is 17.8 Å². The molecule has 0 spiro atoms. The van der Waals surface area contributed by atoms with Gasteiger partial charge >= 0.3 is 0 Å². The number of hydrogen-bond acceptors (Lipinski definition) is 7. The van der Waals surface area contributed by atoms with Crippen LogP contribution in [0.5, 0.6) is 5.75 Å². The predicted molar refractivity (Wildman–Crippen MR) is 146 cm³/mol. The fraction of sp³-hybridized carbons (Fsp3) is 0.0769. The molecule has 2 amide bonds. The summed E-state index contributed by atoms with van der Waals surface area (Å²) in [6.07, 6.45) is 0. The highest BCUT2D eigenvalue weighted by molar-refractivity contribution is 6.42. The van der Waals surface area contributed by atoms with Gasteiger partial charge in [0.05, 0.1) is 29.4 Å². The monoisotopic (exact) mass is 562 g/mol. The summed E-state index contributed by atoms with van der Waals surface area (Å²) in [4.78, 5) is 25.7. The van der Waals surface area contributed by atoms with Crippen LogP contribution in [0.2, 0.25) is 10.0 Å². The molecule has 2 heterocycles. The highest BCUT2D eigenvalue weighted by Gasteiger charge is 2.18. The summed E-state index contributed by atoms with van der Waals surface area (Å²) in [6, 6.07) is 20.7. The SMILES string of the molecule is COc1ccc(NC(=O)c2cc(-c3ccc(Cl)c(Cl)c3)nn2Cc2ccc(C(=O)Nc3nn[nH]n3)cc2)cc1. The molecule has 3 N–H and O–H groups in total. The Bertz CT molecular complexity index is 1620. The highest BCUT2D eigenvalue weighted by Crippen LogP contribution is 2.29. The quantitative estimate of drug-likeness (QED) is 0.243. The van der Waals surface area contributed by atoms with Gasteiger partial charge in [-0.3, -0.25) is 19.6 Å². The Morgan fingerprint density at radius 1 is 0.923 bits per heavy atom. The molecule has 0 bridgehead atoms. The van der Waals surface area contributed by atoms with Crippen LogP contribution in [0.4, 0.5) is 11.6 Å². The van der Waals surface area contributed by atoms with Crippen molar-refractivity contribution in [2.24, 2.45) is 0 Å². The molecule has 39 heavy (non-hydrogen) atoms. The van der Waals surface area contributed by atoms with E-state index in [0.717, 1.165) is 5.56 Å². The number of tetrazole rings is 1. The molecule has 196 valence electrons. The van der Waals surface area contributed by atoms with E-state index in [1.807, 2.05) is 0 Å². The number of H-pyrrole nitrogens is 1. The number of benzene rings is 3. The van der Waals surface area contributed by atoms with E-state index >= 15 is 0 Å². The van der Waals surface area contributed by atoms with Crippen LogP contribution in [0.3, 0.4) is 0 Å². The zero-order valence-electron chi connectivity index (χ0n) is 20.4. The lowest BCUT2D eigenvalue weighted by molar-refractivity contribution is 0.101. The van der Waals surface area contributed by atoms with Crippen molar-refractivity contribution >= 4 is 46.7 Å². The van der Waals surface area contributed by atoms with Gasteiger partial charge in [0, 0.05) is 16.8 Å². The summed E-state index contributed by atoms with van der Waals surface area (Å²) in [5.41, 5.74) is 3.39. The minimum atomic E-state index is -0.386. The molecule has 3 aromatic carbocycles. The Labute approximate surface area is 232 Å². The molecule has 0 fully saturated rings.